The van der Waals surface area contributed by atoms with Crippen molar-refractivity contribution in [1.29, 1.82) is 0 Å². The van der Waals surface area contributed by atoms with Crippen molar-refractivity contribution in [3.05, 3.63) is 65.2 Å². The summed E-state index contributed by atoms with van der Waals surface area (Å²) in [4.78, 5) is 19.3. The maximum atomic E-state index is 12.3. The number of carbonyl (C=O) groups excluding carboxylic acids is 1. The molecule has 0 aromatic heterocycles. The number of hydrogen-bond acceptors (Lipinski definition) is 4. The van der Waals surface area contributed by atoms with Crippen LogP contribution in [0.15, 0.2) is 53.5 Å². The van der Waals surface area contributed by atoms with Crippen LogP contribution in [0.1, 0.15) is 28.4 Å². The Kier molecular flexibility index (Phi) is 6.15. The molecule has 1 heterocycles. The van der Waals surface area contributed by atoms with E-state index in [1.807, 2.05) is 32.0 Å². The summed E-state index contributed by atoms with van der Waals surface area (Å²) < 4.78 is 0. The van der Waals surface area contributed by atoms with Crippen molar-refractivity contribution in [2.45, 2.75) is 20.4 Å². The van der Waals surface area contributed by atoms with Gasteiger partial charge in [-0.15, -0.1) is 0 Å². The minimum atomic E-state index is -0.138. The van der Waals surface area contributed by atoms with E-state index in [9.17, 15) is 4.79 Å². The zero-order chi connectivity index (χ0) is 18.4. The average Bonchev–Trinajstić information content (AvgIpc) is 2.66. The van der Waals surface area contributed by atoms with E-state index in [-0.39, 0.29) is 5.91 Å². The lowest BCUT2D eigenvalue weighted by Gasteiger charge is -2.27. The summed E-state index contributed by atoms with van der Waals surface area (Å²) in [6.07, 6.45) is 0. The Morgan fingerprint density at radius 2 is 1.88 bits per heavy atom. The number of amidine groups is 1. The molecule has 26 heavy (non-hydrogen) atoms. The standard InChI is InChI=1S/C21H26N4O/c1-16-8-9-18(15-25-12-10-22-11-13-25)14-20(16)23-17(2)24-21(26)19-6-4-3-5-7-19/h3-9,14,22H,10-13,15H2,1-2H3,(H,23,24,26). The van der Waals surface area contributed by atoms with Crippen LogP contribution in [0.5, 0.6) is 0 Å². The van der Waals surface area contributed by atoms with Crippen LogP contribution in [0.4, 0.5) is 5.69 Å². The summed E-state index contributed by atoms with van der Waals surface area (Å²) in [5.74, 6) is 0.461. The second-order valence-electron chi connectivity index (χ2n) is 6.66. The third kappa shape index (κ3) is 5.00. The lowest BCUT2D eigenvalue weighted by atomic mass is 10.1. The molecule has 2 aromatic carbocycles. The maximum absolute atomic E-state index is 12.3. The fourth-order valence-electron chi connectivity index (χ4n) is 3.04. The van der Waals surface area contributed by atoms with Crippen molar-refractivity contribution in [1.82, 2.24) is 15.5 Å². The van der Waals surface area contributed by atoms with Crippen LogP contribution in [-0.2, 0) is 6.54 Å². The number of nitrogens with one attached hydrogen (secondary N) is 2. The van der Waals surface area contributed by atoms with E-state index in [2.05, 4.69) is 38.7 Å². The number of carbonyl (C=O) groups is 1. The predicted molar refractivity (Wildman–Crippen MR) is 106 cm³/mol. The summed E-state index contributed by atoms with van der Waals surface area (Å²) >= 11 is 0. The van der Waals surface area contributed by atoms with E-state index in [1.54, 1.807) is 12.1 Å². The highest BCUT2D eigenvalue weighted by atomic mass is 16.1. The second kappa shape index (κ2) is 8.74. The molecule has 0 radical (unpaired) electrons. The first-order valence-corrected chi connectivity index (χ1v) is 9.06. The number of hydrogen-bond donors (Lipinski definition) is 2. The van der Waals surface area contributed by atoms with Gasteiger partial charge >= 0.3 is 0 Å². The van der Waals surface area contributed by atoms with Gasteiger partial charge in [0.1, 0.15) is 5.84 Å². The molecule has 0 bridgehead atoms. The monoisotopic (exact) mass is 350 g/mol. The van der Waals surface area contributed by atoms with Crippen molar-refractivity contribution in [3.8, 4) is 0 Å². The Hall–Kier alpha value is -2.50. The first-order chi connectivity index (χ1) is 12.6. The van der Waals surface area contributed by atoms with Gasteiger partial charge in [-0.2, -0.15) is 0 Å². The molecular weight excluding hydrogens is 324 g/mol. The fourth-order valence-corrected chi connectivity index (χ4v) is 3.04. The third-order valence-corrected chi connectivity index (χ3v) is 4.51. The van der Waals surface area contributed by atoms with Gasteiger partial charge < -0.3 is 10.6 Å². The lowest BCUT2D eigenvalue weighted by Crippen LogP contribution is -2.42. The smallest absolute Gasteiger partial charge is 0.256 e. The molecule has 1 fully saturated rings. The first kappa shape index (κ1) is 18.3. The Morgan fingerprint density at radius 3 is 2.62 bits per heavy atom. The highest BCUT2D eigenvalue weighted by Gasteiger charge is 2.11. The van der Waals surface area contributed by atoms with E-state index in [0.29, 0.717) is 11.4 Å². The minimum Gasteiger partial charge on any atom is -0.314 e. The number of nitrogens with zero attached hydrogens (tertiary/aromatic N) is 2. The molecule has 1 aliphatic heterocycles. The lowest BCUT2D eigenvalue weighted by molar-refractivity contribution is 0.0977. The Bertz CT molecular complexity index is 780. The van der Waals surface area contributed by atoms with Crippen LogP contribution in [0, 0.1) is 6.92 Å². The summed E-state index contributed by atoms with van der Waals surface area (Å²) in [6, 6.07) is 15.6. The summed E-state index contributed by atoms with van der Waals surface area (Å²) in [6.45, 7) is 9.02. The average molecular weight is 350 g/mol. The van der Waals surface area contributed by atoms with Crippen LogP contribution in [0.3, 0.4) is 0 Å². The number of aliphatic imine (C=N–C) groups is 1. The number of benzene rings is 2. The van der Waals surface area contributed by atoms with Gasteiger partial charge in [0.15, 0.2) is 0 Å². The van der Waals surface area contributed by atoms with Gasteiger partial charge in [-0.05, 0) is 43.2 Å². The summed E-state index contributed by atoms with van der Waals surface area (Å²) in [5.41, 5.74) is 3.88. The zero-order valence-corrected chi connectivity index (χ0v) is 15.5. The molecule has 5 heteroatoms. The van der Waals surface area contributed by atoms with E-state index in [1.165, 1.54) is 5.56 Å². The Balaban J connectivity index is 1.70. The second-order valence-corrected chi connectivity index (χ2v) is 6.66. The van der Waals surface area contributed by atoms with Crippen LogP contribution < -0.4 is 10.6 Å². The van der Waals surface area contributed by atoms with Gasteiger partial charge in [0.05, 0.1) is 5.69 Å². The molecule has 1 aliphatic rings. The molecule has 5 nitrogen and oxygen atoms in total. The largest absolute Gasteiger partial charge is 0.314 e. The first-order valence-electron chi connectivity index (χ1n) is 9.06. The number of piperazine rings is 1. The van der Waals surface area contributed by atoms with Gasteiger partial charge in [0, 0.05) is 38.3 Å². The van der Waals surface area contributed by atoms with E-state index in [4.69, 9.17) is 0 Å². The molecule has 0 unspecified atom stereocenters. The van der Waals surface area contributed by atoms with Crippen molar-refractivity contribution in [2.75, 3.05) is 26.2 Å². The summed E-state index contributed by atoms with van der Waals surface area (Å²) in [5, 5.41) is 6.24. The van der Waals surface area contributed by atoms with Crippen molar-refractivity contribution in [2.24, 2.45) is 4.99 Å². The van der Waals surface area contributed by atoms with Gasteiger partial charge in [-0.3, -0.25) is 9.69 Å². The third-order valence-electron chi connectivity index (χ3n) is 4.51. The molecule has 3 rings (SSSR count). The topological polar surface area (TPSA) is 56.7 Å². The Morgan fingerprint density at radius 1 is 1.15 bits per heavy atom. The molecule has 1 saturated heterocycles. The molecule has 2 N–H and O–H groups in total. The van der Waals surface area contributed by atoms with E-state index in [0.717, 1.165) is 44.0 Å². The molecule has 0 atom stereocenters. The minimum absolute atomic E-state index is 0.138. The zero-order valence-electron chi connectivity index (χ0n) is 15.5. The van der Waals surface area contributed by atoms with Crippen LogP contribution in [-0.4, -0.2) is 42.8 Å². The summed E-state index contributed by atoms with van der Waals surface area (Å²) in [7, 11) is 0. The predicted octanol–water partition coefficient (Wildman–Crippen LogP) is 2.88. The molecule has 2 aromatic rings. The van der Waals surface area contributed by atoms with Gasteiger partial charge in [0.2, 0.25) is 0 Å². The highest BCUT2D eigenvalue weighted by molar-refractivity contribution is 6.06. The van der Waals surface area contributed by atoms with E-state index < -0.39 is 0 Å². The van der Waals surface area contributed by atoms with Crippen molar-refractivity contribution >= 4 is 17.4 Å². The molecule has 1 amide bonds. The fraction of sp³-hybridized carbons (Fsp3) is 0.333. The normalized spacial score (nSPS) is 15.7. The number of rotatable bonds is 4. The molecule has 0 saturated carbocycles. The number of amides is 1. The van der Waals surface area contributed by atoms with Gasteiger partial charge in [0.25, 0.3) is 5.91 Å². The van der Waals surface area contributed by atoms with E-state index >= 15 is 0 Å². The maximum Gasteiger partial charge on any atom is 0.256 e. The molecule has 136 valence electrons. The van der Waals surface area contributed by atoms with Crippen LogP contribution >= 0.6 is 0 Å². The quantitative estimate of drug-likeness (QED) is 0.658. The van der Waals surface area contributed by atoms with Crippen LogP contribution in [0.2, 0.25) is 0 Å². The van der Waals surface area contributed by atoms with Crippen LogP contribution in [0.25, 0.3) is 0 Å². The molecule has 0 spiro atoms. The van der Waals surface area contributed by atoms with Crippen molar-refractivity contribution in [3.63, 3.8) is 0 Å². The highest BCUT2D eigenvalue weighted by Crippen LogP contribution is 2.21. The van der Waals surface area contributed by atoms with Crippen molar-refractivity contribution < 1.29 is 4.79 Å². The number of aryl methyl sites for hydroxylation is 1. The molecule has 0 aliphatic carbocycles. The SMILES string of the molecule is CC(=Nc1cc(CN2CCNCC2)ccc1C)NC(=O)c1ccccc1. The van der Waals surface area contributed by atoms with Gasteiger partial charge in [-0.1, -0.05) is 30.3 Å². The molecular formula is C21H26N4O. The van der Waals surface area contributed by atoms with Gasteiger partial charge in [-0.25, -0.2) is 4.99 Å². The Labute approximate surface area is 155 Å².